The predicted molar refractivity (Wildman–Crippen MR) is 152 cm³/mol. The molecule has 1 fully saturated rings. The maximum absolute atomic E-state index is 13.4. The van der Waals surface area contributed by atoms with Gasteiger partial charge < -0.3 is 20.1 Å². The van der Waals surface area contributed by atoms with Gasteiger partial charge in [0.25, 0.3) is 0 Å². The number of anilines is 1. The first-order valence-electron chi connectivity index (χ1n) is 12.9. The van der Waals surface area contributed by atoms with Gasteiger partial charge in [-0.15, -0.1) is 0 Å². The topological polar surface area (TPSA) is 75.7 Å². The van der Waals surface area contributed by atoms with Gasteiger partial charge in [-0.1, -0.05) is 60.7 Å². The van der Waals surface area contributed by atoms with Crippen LogP contribution < -0.4 is 15.4 Å². The van der Waals surface area contributed by atoms with E-state index in [-0.39, 0.29) is 18.0 Å². The fourth-order valence-electron chi connectivity index (χ4n) is 5.24. The quantitative estimate of drug-likeness (QED) is 0.330. The van der Waals surface area contributed by atoms with Crippen molar-refractivity contribution >= 4 is 22.6 Å². The Kier molecular flexibility index (Phi) is 7.86. The molecule has 0 bridgehead atoms. The van der Waals surface area contributed by atoms with Gasteiger partial charge in [-0.05, 0) is 36.2 Å². The molecular formula is C31H34N4O3. The number of fused-ring (bicyclic) bond motifs is 1. The zero-order valence-electron chi connectivity index (χ0n) is 22.1. The van der Waals surface area contributed by atoms with Crippen molar-refractivity contribution in [3.05, 3.63) is 90.0 Å². The SMILES string of the molecule is COCCN1C[C@@H](NC(=O)Nc2cc3cc(OC)c(C)cc3nc2-c2ccccc2)[C@H](c2ccccc2)C1. The Morgan fingerprint density at radius 3 is 2.45 bits per heavy atom. The second kappa shape index (κ2) is 11.6. The number of rotatable bonds is 8. The highest BCUT2D eigenvalue weighted by Crippen LogP contribution is 2.33. The predicted octanol–water partition coefficient (Wildman–Crippen LogP) is 5.45. The van der Waals surface area contributed by atoms with Crippen molar-refractivity contribution in [1.29, 1.82) is 0 Å². The van der Waals surface area contributed by atoms with Crippen molar-refractivity contribution in [2.24, 2.45) is 0 Å². The zero-order chi connectivity index (χ0) is 26.5. The van der Waals surface area contributed by atoms with Crippen molar-refractivity contribution in [2.75, 3.05) is 45.8 Å². The van der Waals surface area contributed by atoms with Crippen molar-refractivity contribution in [3.8, 4) is 17.0 Å². The van der Waals surface area contributed by atoms with E-state index >= 15 is 0 Å². The third kappa shape index (κ3) is 5.64. The number of aromatic nitrogens is 1. The lowest BCUT2D eigenvalue weighted by atomic mass is 9.94. The molecule has 3 aromatic carbocycles. The Balaban J connectivity index is 1.43. The van der Waals surface area contributed by atoms with E-state index in [2.05, 4.69) is 27.7 Å². The number of methoxy groups -OCH3 is 2. The highest BCUT2D eigenvalue weighted by atomic mass is 16.5. The van der Waals surface area contributed by atoms with Crippen molar-refractivity contribution < 1.29 is 14.3 Å². The van der Waals surface area contributed by atoms with Crippen molar-refractivity contribution in [3.63, 3.8) is 0 Å². The lowest BCUT2D eigenvalue weighted by Gasteiger charge is -2.21. The molecule has 38 heavy (non-hydrogen) atoms. The Bertz CT molecular complexity index is 1390. The standard InChI is InChI=1S/C31H34N4O3/c1-21-16-26-24(18-29(21)38-3)17-27(30(32-26)23-12-8-5-9-13-23)33-31(36)34-28-20-35(14-15-37-2)19-25(28)22-10-6-4-7-11-22/h4-13,16-18,25,28H,14-15,19-20H2,1-3H3,(H2,33,34,36)/t25-,28+/m0/s1. The summed E-state index contributed by atoms with van der Waals surface area (Å²) >= 11 is 0. The lowest BCUT2D eigenvalue weighted by Crippen LogP contribution is -2.42. The van der Waals surface area contributed by atoms with Crippen LogP contribution in [0.1, 0.15) is 17.0 Å². The average Bonchev–Trinajstić information content (AvgIpc) is 3.34. The largest absolute Gasteiger partial charge is 0.496 e. The number of benzene rings is 3. The molecule has 0 spiro atoms. The van der Waals surface area contributed by atoms with Crippen LogP contribution in [0.15, 0.2) is 78.9 Å². The van der Waals surface area contributed by atoms with E-state index in [1.54, 1.807) is 14.2 Å². The van der Waals surface area contributed by atoms with Crippen molar-refractivity contribution in [2.45, 2.75) is 18.9 Å². The van der Waals surface area contributed by atoms with Gasteiger partial charge in [-0.3, -0.25) is 4.90 Å². The third-order valence-electron chi connectivity index (χ3n) is 7.18. The first kappa shape index (κ1) is 25.7. The number of aryl methyl sites for hydroxylation is 1. The number of urea groups is 1. The smallest absolute Gasteiger partial charge is 0.319 e. The molecule has 7 heteroatoms. The minimum Gasteiger partial charge on any atom is -0.496 e. The third-order valence-corrected chi connectivity index (χ3v) is 7.18. The fourth-order valence-corrected chi connectivity index (χ4v) is 5.24. The summed E-state index contributed by atoms with van der Waals surface area (Å²) in [6.45, 7) is 5.11. The van der Waals surface area contributed by atoms with Gasteiger partial charge in [0.1, 0.15) is 5.75 Å². The van der Waals surface area contributed by atoms with Gasteiger partial charge in [0, 0.05) is 43.6 Å². The molecule has 2 heterocycles. The summed E-state index contributed by atoms with van der Waals surface area (Å²) in [5, 5.41) is 7.27. The normalized spacial score (nSPS) is 17.4. The fraction of sp³-hybridized carbons (Fsp3) is 0.290. The summed E-state index contributed by atoms with van der Waals surface area (Å²) in [5.41, 5.74) is 5.39. The molecule has 0 aliphatic carbocycles. The molecule has 4 aromatic rings. The first-order chi connectivity index (χ1) is 18.6. The molecule has 196 valence electrons. The van der Waals surface area contributed by atoms with Gasteiger partial charge in [0.2, 0.25) is 0 Å². The minimum absolute atomic E-state index is 0.0365. The molecule has 0 saturated carbocycles. The molecule has 2 atom stereocenters. The summed E-state index contributed by atoms with van der Waals surface area (Å²) in [6.07, 6.45) is 0. The van der Waals surface area contributed by atoms with Gasteiger partial charge in [0.05, 0.1) is 36.7 Å². The number of nitrogens with zero attached hydrogens (tertiary/aromatic N) is 2. The molecule has 1 saturated heterocycles. The summed E-state index contributed by atoms with van der Waals surface area (Å²) in [4.78, 5) is 20.7. The number of carbonyl (C=O) groups excluding carboxylic acids is 1. The number of nitrogens with one attached hydrogen (secondary N) is 2. The highest BCUT2D eigenvalue weighted by molar-refractivity contribution is 5.98. The van der Waals surface area contributed by atoms with Crippen LogP contribution in [0.2, 0.25) is 0 Å². The number of pyridine rings is 1. The van der Waals surface area contributed by atoms with E-state index in [1.807, 2.05) is 73.7 Å². The average molecular weight is 511 g/mol. The van der Waals surface area contributed by atoms with E-state index < -0.39 is 0 Å². The molecule has 2 amide bonds. The van der Waals surface area contributed by atoms with Crippen LogP contribution in [0.5, 0.6) is 5.75 Å². The number of likely N-dealkylation sites (tertiary alicyclic amines) is 1. The van der Waals surface area contributed by atoms with Gasteiger partial charge in [-0.2, -0.15) is 0 Å². The highest BCUT2D eigenvalue weighted by Gasteiger charge is 2.34. The number of ether oxygens (including phenoxy) is 2. The molecule has 5 rings (SSSR count). The van der Waals surface area contributed by atoms with E-state index in [9.17, 15) is 4.79 Å². The van der Waals surface area contributed by atoms with Crippen LogP contribution in [0, 0.1) is 6.92 Å². The molecule has 0 unspecified atom stereocenters. The van der Waals surface area contributed by atoms with Crippen LogP contribution in [0.3, 0.4) is 0 Å². The van der Waals surface area contributed by atoms with Gasteiger partial charge in [-0.25, -0.2) is 9.78 Å². The van der Waals surface area contributed by atoms with Gasteiger partial charge in [0.15, 0.2) is 0 Å². The molecule has 0 radical (unpaired) electrons. The Morgan fingerprint density at radius 1 is 1.00 bits per heavy atom. The Labute approximate surface area is 223 Å². The molecule has 1 aromatic heterocycles. The van der Waals surface area contributed by atoms with E-state index in [1.165, 1.54) is 5.56 Å². The number of hydrogen-bond donors (Lipinski definition) is 2. The second-order valence-corrected chi connectivity index (χ2v) is 9.74. The van der Waals surface area contributed by atoms with Crippen LogP contribution in [0.4, 0.5) is 10.5 Å². The van der Waals surface area contributed by atoms with E-state index in [0.717, 1.165) is 53.1 Å². The van der Waals surface area contributed by atoms with Gasteiger partial charge >= 0.3 is 6.03 Å². The molecule has 7 nitrogen and oxygen atoms in total. The van der Waals surface area contributed by atoms with Crippen LogP contribution in [-0.4, -0.2) is 62.4 Å². The van der Waals surface area contributed by atoms with E-state index in [0.29, 0.717) is 12.3 Å². The maximum Gasteiger partial charge on any atom is 0.319 e. The molecule has 1 aliphatic heterocycles. The van der Waals surface area contributed by atoms with E-state index in [4.69, 9.17) is 14.5 Å². The second-order valence-electron chi connectivity index (χ2n) is 9.74. The maximum atomic E-state index is 13.4. The van der Waals surface area contributed by atoms with Crippen molar-refractivity contribution in [1.82, 2.24) is 15.2 Å². The molecular weight excluding hydrogens is 476 g/mol. The summed E-state index contributed by atoms with van der Waals surface area (Å²) in [7, 11) is 3.37. The number of carbonyl (C=O) groups is 1. The molecule has 1 aliphatic rings. The van der Waals surface area contributed by atoms with Crippen LogP contribution in [-0.2, 0) is 4.74 Å². The first-order valence-corrected chi connectivity index (χ1v) is 12.9. The Hall–Kier alpha value is -3.94. The van der Waals surface area contributed by atoms with Crippen LogP contribution in [0.25, 0.3) is 22.2 Å². The minimum atomic E-state index is -0.248. The zero-order valence-corrected chi connectivity index (χ0v) is 22.1. The number of amides is 2. The Morgan fingerprint density at radius 2 is 1.74 bits per heavy atom. The number of hydrogen-bond acceptors (Lipinski definition) is 5. The summed E-state index contributed by atoms with van der Waals surface area (Å²) < 4.78 is 10.8. The molecule has 2 N–H and O–H groups in total. The van der Waals surface area contributed by atoms with Crippen LogP contribution >= 0.6 is 0 Å². The monoisotopic (exact) mass is 510 g/mol. The lowest BCUT2D eigenvalue weighted by molar-refractivity contribution is 0.159. The summed E-state index contributed by atoms with van der Waals surface area (Å²) in [5.74, 6) is 0.976. The summed E-state index contributed by atoms with van der Waals surface area (Å²) in [6, 6.07) is 26.0.